The molecule has 0 unspecified atom stereocenters. The molecule has 0 amide bonds. The molecule has 0 heterocycles. The van der Waals surface area contributed by atoms with E-state index in [2.05, 4.69) is 53.7 Å². The van der Waals surface area contributed by atoms with E-state index in [4.69, 9.17) is 22.7 Å². The average Bonchev–Trinajstić information content (AvgIpc) is 2.32. The van der Waals surface area contributed by atoms with Crippen molar-refractivity contribution in [3.05, 3.63) is 28.8 Å². The van der Waals surface area contributed by atoms with Crippen LogP contribution in [0.2, 0.25) is 0 Å². The van der Waals surface area contributed by atoms with Crippen LogP contribution in [0.1, 0.15) is 64.7 Å². The second-order valence-electron chi connectivity index (χ2n) is 7.69. The van der Waals surface area contributed by atoms with Crippen LogP contribution in [0.15, 0.2) is 12.1 Å². The predicted octanol–water partition coefficient (Wildman–Crippen LogP) is 4.51. The Hall–Kier alpha value is -1.09. The fraction of sp³-hybridized carbons (Fsp3) is 0.611. The third kappa shape index (κ3) is 4.70. The van der Waals surface area contributed by atoms with Crippen molar-refractivity contribution in [2.45, 2.75) is 65.2 Å². The number of hydrogen-bond acceptors (Lipinski definition) is 2. The Morgan fingerprint density at radius 3 is 1.76 bits per heavy atom. The summed E-state index contributed by atoms with van der Waals surface area (Å²) in [6.45, 7) is 13.3. The third-order valence-electron chi connectivity index (χ3n) is 3.63. The summed E-state index contributed by atoms with van der Waals surface area (Å²) in [7, 11) is 1.76. The zero-order chi connectivity index (χ0) is 16.4. The zero-order valence-electron chi connectivity index (χ0n) is 14.5. The first-order chi connectivity index (χ1) is 9.46. The van der Waals surface area contributed by atoms with Gasteiger partial charge in [0.25, 0.3) is 0 Å². The van der Waals surface area contributed by atoms with Gasteiger partial charge in [0, 0.05) is 17.5 Å². The van der Waals surface area contributed by atoms with E-state index in [1.165, 1.54) is 16.7 Å². The summed E-state index contributed by atoms with van der Waals surface area (Å²) in [6, 6.07) is 4.48. The molecule has 3 heteroatoms. The van der Waals surface area contributed by atoms with Crippen LogP contribution >= 0.6 is 12.2 Å². The molecule has 0 fully saturated rings. The van der Waals surface area contributed by atoms with Crippen LogP contribution in [0.25, 0.3) is 0 Å². The minimum Gasteiger partial charge on any atom is -0.496 e. The van der Waals surface area contributed by atoms with Gasteiger partial charge >= 0.3 is 0 Å². The van der Waals surface area contributed by atoms with E-state index in [9.17, 15) is 0 Å². The fourth-order valence-electron chi connectivity index (χ4n) is 2.43. The monoisotopic (exact) mass is 307 g/mol. The molecule has 0 aliphatic rings. The Morgan fingerprint density at radius 1 is 1.05 bits per heavy atom. The number of hydrogen-bond donors (Lipinski definition) is 1. The average molecular weight is 308 g/mol. The van der Waals surface area contributed by atoms with E-state index >= 15 is 0 Å². The van der Waals surface area contributed by atoms with Gasteiger partial charge in [-0.05, 0) is 22.8 Å². The molecular formula is C18H29NOS. The Balaban J connectivity index is 3.47. The van der Waals surface area contributed by atoms with E-state index in [1.807, 2.05) is 0 Å². The van der Waals surface area contributed by atoms with Gasteiger partial charge in [0.15, 0.2) is 0 Å². The smallest absolute Gasteiger partial charge is 0.126 e. The summed E-state index contributed by atoms with van der Waals surface area (Å²) in [5.74, 6) is 1.01. The van der Waals surface area contributed by atoms with Gasteiger partial charge in [-0.1, -0.05) is 65.9 Å². The van der Waals surface area contributed by atoms with Crippen molar-refractivity contribution in [2.24, 2.45) is 5.73 Å². The van der Waals surface area contributed by atoms with E-state index in [-0.39, 0.29) is 10.8 Å². The van der Waals surface area contributed by atoms with Crippen molar-refractivity contribution in [3.63, 3.8) is 0 Å². The molecule has 0 aromatic heterocycles. The maximum absolute atomic E-state index is 5.76. The quantitative estimate of drug-likeness (QED) is 0.831. The summed E-state index contributed by atoms with van der Waals surface area (Å²) >= 11 is 5.01. The van der Waals surface area contributed by atoms with Crippen molar-refractivity contribution >= 4 is 17.2 Å². The molecule has 2 N–H and O–H groups in total. The summed E-state index contributed by atoms with van der Waals surface area (Å²) in [5.41, 5.74) is 9.48. The largest absolute Gasteiger partial charge is 0.496 e. The van der Waals surface area contributed by atoms with Gasteiger partial charge in [0.05, 0.1) is 12.1 Å². The highest BCUT2D eigenvalue weighted by molar-refractivity contribution is 7.80. The van der Waals surface area contributed by atoms with Crippen LogP contribution in [-0.4, -0.2) is 12.1 Å². The van der Waals surface area contributed by atoms with Gasteiger partial charge < -0.3 is 10.5 Å². The number of aryl methyl sites for hydroxylation is 1. The zero-order valence-corrected chi connectivity index (χ0v) is 15.3. The summed E-state index contributed by atoms with van der Waals surface area (Å²) < 4.78 is 5.76. The van der Waals surface area contributed by atoms with Crippen molar-refractivity contribution in [1.29, 1.82) is 0 Å². The van der Waals surface area contributed by atoms with Gasteiger partial charge in [-0.2, -0.15) is 0 Å². The molecule has 0 saturated carbocycles. The van der Waals surface area contributed by atoms with Crippen molar-refractivity contribution in [3.8, 4) is 5.75 Å². The van der Waals surface area contributed by atoms with Gasteiger partial charge in [-0.3, -0.25) is 0 Å². The van der Waals surface area contributed by atoms with Crippen LogP contribution in [-0.2, 0) is 17.3 Å². The molecule has 0 aliphatic carbocycles. The minimum atomic E-state index is 0.0323. The molecule has 0 saturated heterocycles. The lowest BCUT2D eigenvalue weighted by Crippen LogP contribution is -2.20. The van der Waals surface area contributed by atoms with Crippen LogP contribution in [0.4, 0.5) is 0 Å². The summed E-state index contributed by atoms with van der Waals surface area (Å²) in [5, 5.41) is 0. The van der Waals surface area contributed by atoms with Crippen molar-refractivity contribution < 1.29 is 4.74 Å². The van der Waals surface area contributed by atoms with Crippen LogP contribution < -0.4 is 10.5 Å². The predicted molar refractivity (Wildman–Crippen MR) is 95.5 cm³/mol. The van der Waals surface area contributed by atoms with Gasteiger partial charge in [0.2, 0.25) is 0 Å². The Kier molecular flexibility index (Phi) is 5.43. The number of rotatable bonds is 4. The Labute approximate surface area is 135 Å². The topological polar surface area (TPSA) is 35.2 Å². The maximum Gasteiger partial charge on any atom is 0.126 e. The third-order valence-corrected chi connectivity index (χ3v) is 3.83. The van der Waals surface area contributed by atoms with E-state index < -0.39 is 0 Å². The summed E-state index contributed by atoms with van der Waals surface area (Å²) in [4.78, 5) is 0.570. The number of ether oxygens (including phenoxy) is 1. The van der Waals surface area contributed by atoms with Crippen LogP contribution in [0, 0.1) is 0 Å². The van der Waals surface area contributed by atoms with Crippen molar-refractivity contribution in [1.82, 2.24) is 0 Å². The molecule has 0 aliphatic heterocycles. The normalized spacial score (nSPS) is 12.3. The number of benzene rings is 1. The lowest BCUT2D eigenvalue weighted by atomic mass is 9.78. The van der Waals surface area contributed by atoms with Crippen LogP contribution in [0.5, 0.6) is 5.75 Å². The van der Waals surface area contributed by atoms with Crippen molar-refractivity contribution in [2.75, 3.05) is 7.11 Å². The van der Waals surface area contributed by atoms with Crippen LogP contribution in [0.3, 0.4) is 0 Å². The van der Waals surface area contributed by atoms with E-state index in [0.29, 0.717) is 4.99 Å². The van der Waals surface area contributed by atoms with Gasteiger partial charge in [-0.15, -0.1) is 0 Å². The second kappa shape index (κ2) is 6.35. The number of methoxy groups -OCH3 is 1. The molecule has 1 aromatic carbocycles. The number of nitrogens with two attached hydrogens (primary N) is 1. The molecule has 0 atom stereocenters. The van der Waals surface area contributed by atoms with Gasteiger partial charge in [-0.25, -0.2) is 0 Å². The highest BCUT2D eigenvalue weighted by Crippen LogP contribution is 2.40. The molecule has 0 spiro atoms. The molecular weight excluding hydrogens is 278 g/mol. The lowest BCUT2D eigenvalue weighted by Gasteiger charge is -2.30. The SMILES string of the molecule is COc1c(C(C)(C)C)cc(CCC(N)=S)cc1C(C)(C)C. The van der Waals surface area contributed by atoms with E-state index in [1.54, 1.807) is 7.11 Å². The van der Waals surface area contributed by atoms with E-state index in [0.717, 1.165) is 18.6 Å². The molecule has 0 radical (unpaired) electrons. The first kappa shape index (κ1) is 18.0. The molecule has 2 nitrogen and oxygen atoms in total. The second-order valence-corrected chi connectivity index (χ2v) is 8.21. The lowest BCUT2D eigenvalue weighted by molar-refractivity contribution is 0.381. The standard InChI is InChI=1S/C18H29NOS/c1-17(2,3)13-10-12(8-9-15(19)21)11-14(16(13)20-7)18(4,5)6/h10-11H,8-9H2,1-7H3,(H2,19,21). The maximum atomic E-state index is 5.76. The first-order valence-electron chi connectivity index (χ1n) is 7.47. The fourth-order valence-corrected chi connectivity index (χ4v) is 2.54. The molecule has 118 valence electrons. The molecule has 21 heavy (non-hydrogen) atoms. The molecule has 1 rings (SSSR count). The minimum absolute atomic E-state index is 0.0323. The van der Waals surface area contributed by atoms with Gasteiger partial charge in [0.1, 0.15) is 5.75 Å². The summed E-state index contributed by atoms with van der Waals surface area (Å²) in [6.07, 6.45) is 1.63. The Bertz CT molecular complexity index is 486. The Morgan fingerprint density at radius 2 is 1.48 bits per heavy atom. The highest BCUT2D eigenvalue weighted by atomic mass is 32.1. The first-order valence-corrected chi connectivity index (χ1v) is 7.88. The molecule has 0 bridgehead atoms. The number of thiocarbonyl (C=S) groups is 1. The highest BCUT2D eigenvalue weighted by Gasteiger charge is 2.27. The molecule has 1 aromatic rings.